The Hall–Kier alpha value is -0.810. The number of aliphatic hydroxyl groups is 3. The van der Waals surface area contributed by atoms with Gasteiger partial charge in [-0.3, -0.25) is 4.79 Å². The largest absolute Gasteiger partial charge is 0.459 e. The molecule has 0 aliphatic carbocycles. The van der Waals surface area contributed by atoms with Gasteiger partial charge in [0.05, 0.1) is 23.7 Å². The van der Waals surface area contributed by atoms with Crippen LogP contribution in [0.3, 0.4) is 0 Å². The first-order valence-electron chi connectivity index (χ1n) is 15.3. The molecule has 0 spiro atoms. The van der Waals surface area contributed by atoms with E-state index >= 15 is 0 Å². The van der Waals surface area contributed by atoms with Gasteiger partial charge >= 0.3 is 5.97 Å². The molecule has 2 heterocycles. The third-order valence-corrected chi connectivity index (χ3v) is 9.57. The van der Waals surface area contributed by atoms with Crippen molar-refractivity contribution in [1.29, 1.82) is 0 Å². The monoisotopic (exact) mass is 572 g/mol. The average molecular weight is 573 g/mol. The number of rotatable bonds is 4. The number of esters is 1. The van der Waals surface area contributed by atoms with Crippen LogP contribution in [0.1, 0.15) is 88.0 Å². The molecule has 2 aliphatic heterocycles. The van der Waals surface area contributed by atoms with Crippen LogP contribution in [0.5, 0.6) is 0 Å². The van der Waals surface area contributed by atoms with Gasteiger partial charge in [0, 0.05) is 24.5 Å². The lowest BCUT2D eigenvalue weighted by molar-refractivity contribution is -0.280. The van der Waals surface area contributed by atoms with Crippen LogP contribution >= 0.6 is 0 Å². The number of likely N-dealkylation sites (N-methyl/N-ethyl adjacent to an activating group) is 1. The third-order valence-electron chi connectivity index (χ3n) is 9.57. The molecule has 0 unspecified atom stereocenters. The highest BCUT2D eigenvalue weighted by Crippen LogP contribution is 2.37. The van der Waals surface area contributed by atoms with Crippen LogP contribution in [0.15, 0.2) is 0 Å². The molecule has 0 bridgehead atoms. The zero-order chi connectivity index (χ0) is 30.7. The normalized spacial score (nSPS) is 47.4. The molecule has 3 N–H and O–H groups in total. The quantitative estimate of drug-likeness (QED) is 0.437. The molecule has 2 rings (SSSR count). The summed E-state index contributed by atoms with van der Waals surface area (Å²) < 4.78 is 18.9. The Kier molecular flexibility index (Phi) is 12.5. The summed E-state index contributed by atoms with van der Waals surface area (Å²) in [4.78, 5) is 17.5. The predicted molar refractivity (Wildman–Crippen MR) is 157 cm³/mol. The van der Waals surface area contributed by atoms with E-state index in [2.05, 4.69) is 39.8 Å². The maximum Gasteiger partial charge on any atom is 0.309 e. The van der Waals surface area contributed by atoms with Gasteiger partial charge in [0.1, 0.15) is 17.8 Å². The predicted octanol–water partition coefficient (Wildman–Crippen LogP) is 3.28. The number of carbonyl (C=O) groups excluding carboxylic acids is 1. The summed E-state index contributed by atoms with van der Waals surface area (Å²) in [5.74, 6) is -0.981. The second kappa shape index (κ2) is 14.1. The van der Waals surface area contributed by atoms with Gasteiger partial charge in [-0.15, -0.1) is 0 Å². The van der Waals surface area contributed by atoms with E-state index < -0.39 is 53.7 Å². The van der Waals surface area contributed by atoms with Gasteiger partial charge in [0.15, 0.2) is 6.29 Å². The minimum atomic E-state index is -1.63. The van der Waals surface area contributed by atoms with Crippen LogP contribution in [0.2, 0.25) is 0 Å². The molecule has 2 aliphatic rings. The second-order valence-corrected chi connectivity index (χ2v) is 14.0. The van der Waals surface area contributed by atoms with Gasteiger partial charge in [-0.05, 0) is 86.4 Å². The van der Waals surface area contributed by atoms with Crippen molar-refractivity contribution >= 4 is 5.97 Å². The van der Waals surface area contributed by atoms with Gasteiger partial charge in [0.25, 0.3) is 0 Å². The Bertz CT molecular complexity index is 807. The van der Waals surface area contributed by atoms with Gasteiger partial charge in [-0.25, -0.2) is 0 Å². The van der Waals surface area contributed by atoms with E-state index in [9.17, 15) is 20.1 Å². The number of hydrogen-bond acceptors (Lipinski definition) is 9. The summed E-state index contributed by atoms with van der Waals surface area (Å²) in [6.07, 6.45) is -0.908. The number of ether oxygens (including phenoxy) is 3. The van der Waals surface area contributed by atoms with Crippen LogP contribution in [-0.2, 0) is 19.0 Å². The number of cyclic esters (lactones) is 1. The summed E-state index contributed by atoms with van der Waals surface area (Å²) in [5, 5.41) is 34.6. The van der Waals surface area contributed by atoms with Crippen LogP contribution in [0.25, 0.3) is 0 Å². The molecule has 0 saturated carbocycles. The Morgan fingerprint density at radius 1 is 1.07 bits per heavy atom. The lowest BCUT2D eigenvalue weighted by Gasteiger charge is -2.47. The van der Waals surface area contributed by atoms with Gasteiger partial charge in [-0.2, -0.15) is 0 Å². The van der Waals surface area contributed by atoms with Crippen molar-refractivity contribution < 1.29 is 34.3 Å². The van der Waals surface area contributed by atoms with E-state index in [-0.39, 0.29) is 29.9 Å². The molecule has 13 atom stereocenters. The first kappa shape index (κ1) is 35.4. The highest BCUT2D eigenvalue weighted by molar-refractivity contribution is 5.72. The van der Waals surface area contributed by atoms with Gasteiger partial charge in [-0.1, -0.05) is 34.6 Å². The van der Waals surface area contributed by atoms with Crippen molar-refractivity contribution in [3.63, 3.8) is 0 Å². The van der Waals surface area contributed by atoms with Gasteiger partial charge in [0.2, 0.25) is 0 Å². The van der Waals surface area contributed by atoms with Gasteiger partial charge < -0.3 is 39.3 Å². The Morgan fingerprint density at radius 2 is 1.68 bits per heavy atom. The summed E-state index contributed by atoms with van der Waals surface area (Å²) in [6.45, 7) is 17.7. The number of nitrogens with zero attached hydrogens (tertiary/aromatic N) is 2. The summed E-state index contributed by atoms with van der Waals surface area (Å²) in [5.41, 5.74) is -2.84. The molecular weight excluding hydrogens is 512 g/mol. The fourth-order valence-corrected chi connectivity index (χ4v) is 7.13. The van der Waals surface area contributed by atoms with E-state index in [0.29, 0.717) is 25.8 Å². The van der Waals surface area contributed by atoms with Crippen molar-refractivity contribution in [3.05, 3.63) is 0 Å². The van der Waals surface area contributed by atoms with Crippen LogP contribution in [-0.4, -0.2) is 113 Å². The molecule has 0 radical (unpaired) electrons. The molecule has 0 amide bonds. The SMILES string of the molecule is CC[C@H]1OC(=O)[C@H](C)C[C@H](C)[C@@H](O[C@@H]2O[C@H](C)C[C@H](N(C)C)[C@H]2C)[C@](C)(O)C[C@@H](C)CN(C)[C@H](C)[C@@H](O)[C@]1(C)O. The van der Waals surface area contributed by atoms with Crippen LogP contribution in [0.4, 0.5) is 0 Å². The molecule has 0 aromatic heterocycles. The van der Waals surface area contributed by atoms with Crippen LogP contribution < -0.4 is 0 Å². The Morgan fingerprint density at radius 3 is 2.23 bits per heavy atom. The molecule has 2 fully saturated rings. The van der Waals surface area contributed by atoms with Crippen molar-refractivity contribution in [2.75, 3.05) is 27.7 Å². The molecule has 0 aromatic rings. The molecule has 2 saturated heterocycles. The fourth-order valence-electron chi connectivity index (χ4n) is 7.13. The van der Waals surface area contributed by atoms with Crippen molar-refractivity contribution in [3.8, 4) is 0 Å². The second-order valence-electron chi connectivity index (χ2n) is 14.0. The first-order valence-corrected chi connectivity index (χ1v) is 15.3. The van der Waals surface area contributed by atoms with E-state index in [1.54, 1.807) is 6.92 Å². The van der Waals surface area contributed by atoms with E-state index in [1.807, 2.05) is 46.6 Å². The highest BCUT2D eigenvalue weighted by Gasteiger charge is 2.47. The fraction of sp³-hybridized carbons (Fsp3) is 0.968. The Balaban J connectivity index is 2.45. The van der Waals surface area contributed by atoms with E-state index in [0.717, 1.165) is 6.42 Å². The zero-order valence-corrected chi connectivity index (χ0v) is 27.3. The van der Waals surface area contributed by atoms with Crippen molar-refractivity contribution in [2.45, 2.75) is 142 Å². The lowest BCUT2D eigenvalue weighted by atomic mass is 9.79. The molecule has 9 nitrogen and oxygen atoms in total. The maximum absolute atomic E-state index is 13.3. The minimum Gasteiger partial charge on any atom is -0.459 e. The Labute approximate surface area is 243 Å². The van der Waals surface area contributed by atoms with Crippen molar-refractivity contribution in [2.24, 2.45) is 23.7 Å². The molecule has 0 aromatic carbocycles. The molecule has 40 heavy (non-hydrogen) atoms. The smallest absolute Gasteiger partial charge is 0.309 e. The average Bonchev–Trinajstić information content (AvgIpc) is 2.84. The topological polar surface area (TPSA) is 112 Å². The highest BCUT2D eigenvalue weighted by atomic mass is 16.7. The molecule has 236 valence electrons. The minimum absolute atomic E-state index is 0.0178. The maximum atomic E-state index is 13.3. The number of carbonyl (C=O) groups is 1. The first-order chi connectivity index (χ1) is 18.3. The number of hydrogen-bond donors (Lipinski definition) is 3. The summed E-state index contributed by atoms with van der Waals surface area (Å²) in [7, 11) is 6.05. The number of aliphatic hydroxyl groups excluding tert-OH is 1. The van der Waals surface area contributed by atoms with E-state index in [1.165, 1.54) is 0 Å². The summed E-state index contributed by atoms with van der Waals surface area (Å²) in [6, 6.07) is -0.131. The van der Waals surface area contributed by atoms with E-state index in [4.69, 9.17) is 14.2 Å². The summed E-state index contributed by atoms with van der Waals surface area (Å²) >= 11 is 0. The standard InChI is InChI=1S/C31H60N2O7/c1-13-25-31(9,37)26(34)23(7)33(12)17-18(2)16-30(8,36)27(19(3)14-20(4)28(35)39-25)40-29-22(6)24(32(10)11)15-21(5)38-29/h18-27,29,34,36-37H,13-17H2,1-12H3/t18-,19+,20-,21-,22-,23-,24+,25-,26-,27-,29+,30-,31-/m1/s1. The zero-order valence-electron chi connectivity index (χ0n) is 27.3. The van der Waals surface area contributed by atoms with Crippen molar-refractivity contribution in [1.82, 2.24) is 9.80 Å². The molecule has 9 heteroatoms. The molecular formula is C31H60N2O7. The lowest BCUT2D eigenvalue weighted by Crippen LogP contribution is -2.59. The van der Waals surface area contributed by atoms with Crippen LogP contribution in [0, 0.1) is 23.7 Å². The third kappa shape index (κ3) is 8.39.